The van der Waals surface area contributed by atoms with Crippen molar-refractivity contribution in [2.45, 2.75) is 38.5 Å². The lowest BCUT2D eigenvalue weighted by Crippen LogP contribution is -2.50. The van der Waals surface area contributed by atoms with Gasteiger partial charge in [-0.05, 0) is 73.7 Å². The molecule has 0 radical (unpaired) electrons. The number of methoxy groups -OCH3 is 1. The molecule has 2 heterocycles. The van der Waals surface area contributed by atoms with Crippen molar-refractivity contribution in [3.05, 3.63) is 46.6 Å². The summed E-state index contributed by atoms with van der Waals surface area (Å²) in [6.07, 6.45) is 6.52. The molecule has 0 saturated heterocycles. The van der Waals surface area contributed by atoms with Crippen LogP contribution in [0.15, 0.2) is 24.5 Å². The average molecular weight is 600 g/mol. The van der Waals surface area contributed by atoms with Crippen molar-refractivity contribution >= 4 is 68.9 Å². The van der Waals surface area contributed by atoms with Gasteiger partial charge in [-0.2, -0.15) is 5.10 Å². The van der Waals surface area contributed by atoms with Crippen molar-refractivity contribution in [2.24, 2.45) is 17.9 Å². The number of anilines is 1. The Balaban J connectivity index is 0.000000270. The largest absolute Gasteiger partial charge is 0.469 e. The van der Waals surface area contributed by atoms with Crippen molar-refractivity contribution in [1.29, 1.82) is 0 Å². The molecule has 208 valence electrons. The van der Waals surface area contributed by atoms with Crippen LogP contribution in [0.2, 0.25) is 5.02 Å². The number of fused-ring (bicyclic) bond motifs is 4. The number of carbonyl (C=O) groups excluding carboxylic acids is 3. The van der Waals surface area contributed by atoms with E-state index >= 15 is 0 Å². The molecular formula is C25H26Cl3FN6O4. The van der Waals surface area contributed by atoms with E-state index in [9.17, 15) is 18.8 Å². The van der Waals surface area contributed by atoms with E-state index in [2.05, 4.69) is 25.2 Å². The highest BCUT2D eigenvalue weighted by Crippen LogP contribution is 2.57. The monoisotopic (exact) mass is 598 g/mol. The van der Waals surface area contributed by atoms with Gasteiger partial charge in [0, 0.05) is 30.9 Å². The Bertz CT molecular complexity index is 1410. The van der Waals surface area contributed by atoms with Crippen LogP contribution in [0.3, 0.4) is 0 Å². The number of rotatable bonds is 6. The third-order valence-electron chi connectivity index (χ3n) is 7.72. The smallest absolute Gasteiger partial charge is 0.311 e. The Labute approximate surface area is 238 Å². The molecule has 3 aliphatic rings. The molecule has 1 aromatic carbocycles. The molecule has 14 heteroatoms. The van der Waals surface area contributed by atoms with Gasteiger partial charge < -0.3 is 10.1 Å². The highest BCUT2D eigenvalue weighted by molar-refractivity contribution is 6.67. The lowest BCUT2D eigenvalue weighted by Gasteiger charge is -2.51. The zero-order chi connectivity index (χ0) is 28.4. The summed E-state index contributed by atoms with van der Waals surface area (Å²) in [7, 11) is 3.17. The van der Waals surface area contributed by atoms with Gasteiger partial charge in [-0.15, -0.1) is 0 Å². The van der Waals surface area contributed by atoms with E-state index in [1.54, 1.807) is 11.7 Å². The van der Waals surface area contributed by atoms with Gasteiger partial charge >= 0.3 is 5.97 Å². The van der Waals surface area contributed by atoms with Crippen LogP contribution in [0.25, 0.3) is 11.0 Å². The molecule has 0 atom stereocenters. The van der Waals surface area contributed by atoms with Gasteiger partial charge in [-0.3, -0.25) is 23.9 Å². The lowest BCUT2D eigenvalue weighted by atomic mass is 9.53. The zero-order valence-corrected chi connectivity index (χ0v) is 23.5. The second kappa shape index (κ2) is 11.6. The van der Waals surface area contributed by atoms with Crippen LogP contribution < -0.4 is 10.2 Å². The van der Waals surface area contributed by atoms with E-state index in [0.717, 1.165) is 44.6 Å². The fourth-order valence-electron chi connectivity index (χ4n) is 5.36. The van der Waals surface area contributed by atoms with Crippen LogP contribution in [-0.4, -0.2) is 50.5 Å². The van der Waals surface area contributed by atoms with E-state index in [1.807, 2.05) is 0 Å². The molecule has 3 saturated carbocycles. The molecule has 1 amide bonds. The van der Waals surface area contributed by atoms with E-state index in [-0.39, 0.29) is 39.0 Å². The highest BCUT2D eigenvalue weighted by Gasteiger charge is 2.53. The number of nitrogens with one attached hydrogen (secondary N) is 2. The van der Waals surface area contributed by atoms with Gasteiger partial charge in [0.1, 0.15) is 23.2 Å². The molecule has 6 rings (SSSR count). The Morgan fingerprint density at radius 2 is 1.79 bits per heavy atom. The summed E-state index contributed by atoms with van der Waals surface area (Å²) in [5, 5.41) is 6.52. The Hall–Kier alpha value is -3.02. The van der Waals surface area contributed by atoms with Crippen molar-refractivity contribution < 1.29 is 23.5 Å². The van der Waals surface area contributed by atoms with E-state index in [4.69, 9.17) is 39.7 Å². The van der Waals surface area contributed by atoms with Crippen molar-refractivity contribution in [1.82, 2.24) is 25.1 Å². The molecule has 39 heavy (non-hydrogen) atoms. The fraction of sp³-hybridized carbons (Fsp3) is 0.440. The number of aromatic nitrogens is 4. The van der Waals surface area contributed by atoms with Gasteiger partial charge in [0.25, 0.3) is 11.1 Å². The minimum absolute atomic E-state index is 0.0346. The topological polar surface area (TPSA) is 128 Å². The second-order valence-corrected chi connectivity index (χ2v) is 10.8. The number of ether oxygens (including phenoxy) is 1. The summed E-state index contributed by atoms with van der Waals surface area (Å²) in [4.78, 5) is 46.3. The summed E-state index contributed by atoms with van der Waals surface area (Å²) in [6.45, 7) is 0.563. The maximum absolute atomic E-state index is 12.9. The summed E-state index contributed by atoms with van der Waals surface area (Å²) in [5.74, 6) is -0.532. The molecule has 0 unspecified atom stereocenters. The van der Waals surface area contributed by atoms with Crippen molar-refractivity contribution in [3.8, 4) is 0 Å². The molecule has 3 fully saturated rings. The number of hydrogen-bond acceptors (Lipinski definition) is 8. The van der Waals surface area contributed by atoms with Crippen LogP contribution in [0.4, 0.5) is 10.2 Å². The van der Waals surface area contributed by atoms with E-state index in [1.165, 1.54) is 25.6 Å². The van der Waals surface area contributed by atoms with Crippen molar-refractivity contribution in [3.63, 3.8) is 0 Å². The van der Waals surface area contributed by atoms with Gasteiger partial charge in [0.15, 0.2) is 11.5 Å². The quantitative estimate of drug-likeness (QED) is 0.229. The molecule has 10 nitrogen and oxygen atoms in total. The predicted octanol–water partition coefficient (Wildman–Crippen LogP) is 5.03. The maximum Gasteiger partial charge on any atom is 0.311 e. The molecule has 0 spiro atoms. The first-order valence-corrected chi connectivity index (χ1v) is 13.2. The first-order chi connectivity index (χ1) is 18.5. The number of carbonyl (C=O) groups is 3. The zero-order valence-electron chi connectivity index (χ0n) is 21.2. The number of halogens is 4. The Morgan fingerprint density at radius 3 is 2.36 bits per heavy atom. The van der Waals surface area contributed by atoms with Crippen LogP contribution in [-0.2, 0) is 16.6 Å². The first kappa shape index (κ1) is 29.0. The third kappa shape index (κ3) is 5.80. The normalized spacial score (nSPS) is 21.6. The fourth-order valence-corrected chi connectivity index (χ4v) is 5.78. The molecule has 2 N–H and O–H groups in total. The minimum Gasteiger partial charge on any atom is -0.469 e. The average Bonchev–Trinajstić information content (AvgIpc) is 3.29. The maximum atomic E-state index is 12.9. The summed E-state index contributed by atoms with van der Waals surface area (Å²) >= 11 is 16.2. The second-order valence-electron chi connectivity index (χ2n) is 9.84. The molecule has 0 aliphatic heterocycles. The summed E-state index contributed by atoms with van der Waals surface area (Å²) in [5.41, 5.74) is 1.20. The Kier molecular flexibility index (Phi) is 8.63. The van der Waals surface area contributed by atoms with Crippen LogP contribution in [0.1, 0.15) is 59.4 Å². The first-order valence-electron chi connectivity index (χ1n) is 12.1. The van der Waals surface area contributed by atoms with Gasteiger partial charge in [0.2, 0.25) is 0 Å². The standard InChI is InChI=1S/C18H23ClN6O3.C7H3Cl2FO/c1-25-13-11(14(23-19)24-25)21-10-22-12(13)15(26)20-9-17-3-6-18(7-4-17,8-5-17)16(27)28-2;8-5-3-4(7(9)11)1-2-6(5)10/h10H,3-9H2,1-2H3,(H,20,26)(H,23,24);1-3H. The van der Waals surface area contributed by atoms with Gasteiger partial charge in [0.05, 0.1) is 17.5 Å². The molecule has 2 aromatic heterocycles. The SMILES string of the molecule is COC(=O)C12CCC(CNC(=O)c3ncnc4c(NCl)nn(C)c34)(CC1)CC2.O=C(Cl)c1ccc(F)c(Cl)c1. The number of esters is 1. The van der Waals surface area contributed by atoms with Gasteiger partial charge in [-0.1, -0.05) is 11.6 Å². The highest BCUT2D eigenvalue weighted by atomic mass is 35.5. The van der Waals surface area contributed by atoms with Crippen LogP contribution >= 0.6 is 35.0 Å². The molecule has 3 aliphatic carbocycles. The number of benzene rings is 1. The van der Waals surface area contributed by atoms with Gasteiger partial charge in [-0.25, -0.2) is 14.4 Å². The predicted molar refractivity (Wildman–Crippen MR) is 144 cm³/mol. The molecule has 3 aromatic rings. The third-order valence-corrected chi connectivity index (χ3v) is 8.40. The summed E-state index contributed by atoms with van der Waals surface area (Å²) < 4.78 is 19.0. The minimum atomic E-state index is -0.646. The molecule has 2 bridgehead atoms. The number of hydrogen-bond donors (Lipinski definition) is 2. The lowest BCUT2D eigenvalue weighted by molar-refractivity contribution is -0.162. The van der Waals surface area contributed by atoms with Crippen molar-refractivity contribution in [2.75, 3.05) is 18.5 Å². The summed E-state index contributed by atoms with van der Waals surface area (Å²) in [6, 6.07) is 3.56. The Morgan fingerprint density at radius 1 is 1.13 bits per heavy atom. The number of aryl methyl sites for hydroxylation is 1. The molecular weight excluding hydrogens is 574 g/mol. The van der Waals surface area contributed by atoms with Crippen LogP contribution in [0.5, 0.6) is 0 Å². The van der Waals surface area contributed by atoms with E-state index in [0.29, 0.717) is 23.4 Å². The van der Waals surface area contributed by atoms with Crippen LogP contribution in [0, 0.1) is 16.6 Å². The number of amides is 1. The van der Waals surface area contributed by atoms with E-state index < -0.39 is 11.1 Å². The number of nitrogens with zero attached hydrogens (tertiary/aromatic N) is 4.